The third-order valence-corrected chi connectivity index (χ3v) is 17.2. The number of fused-ring (bicyclic) bond motifs is 9. The first-order valence-corrected chi connectivity index (χ1v) is 24.2. The minimum absolute atomic E-state index is 0.0594. The van der Waals surface area contributed by atoms with Crippen LogP contribution in [0.3, 0.4) is 0 Å². The van der Waals surface area contributed by atoms with E-state index in [1.807, 2.05) is 0 Å². The summed E-state index contributed by atoms with van der Waals surface area (Å²) in [5, 5.41) is 0. The van der Waals surface area contributed by atoms with Crippen molar-refractivity contribution in [3.63, 3.8) is 0 Å². The zero-order chi connectivity index (χ0) is 43.7. The van der Waals surface area contributed by atoms with Gasteiger partial charge in [0.05, 0.1) is 5.41 Å². The van der Waals surface area contributed by atoms with Crippen LogP contribution in [-0.4, -0.2) is 11.1 Å². The Kier molecular flexibility index (Phi) is 8.46. The first-order valence-electron chi connectivity index (χ1n) is 24.2. The number of hydrogen-bond acceptors (Lipinski definition) is 2. The van der Waals surface area contributed by atoms with Crippen molar-refractivity contribution in [3.05, 3.63) is 228 Å². The summed E-state index contributed by atoms with van der Waals surface area (Å²) in [6, 6.07) is 74.3. The zero-order valence-corrected chi connectivity index (χ0v) is 38.0. The van der Waals surface area contributed by atoms with Crippen LogP contribution in [-0.2, 0) is 5.41 Å². The first-order chi connectivity index (χ1) is 31.8. The van der Waals surface area contributed by atoms with Crippen molar-refractivity contribution >= 4 is 22.7 Å². The molecule has 2 saturated carbocycles. The highest BCUT2D eigenvalue weighted by molar-refractivity contribution is 5.91. The molecular weight excluding hydrogens is 785 g/mol. The van der Waals surface area contributed by atoms with Crippen LogP contribution in [0.4, 0.5) is 22.7 Å². The summed E-state index contributed by atoms with van der Waals surface area (Å²) in [6.07, 6.45) is 4.90. The topological polar surface area (TPSA) is 6.48 Å². The van der Waals surface area contributed by atoms with Crippen molar-refractivity contribution in [2.75, 3.05) is 9.80 Å². The second-order valence-electron chi connectivity index (χ2n) is 20.6. The Morgan fingerprint density at radius 1 is 0.400 bits per heavy atom. The molecule has 65 heavy (non-hydrogen) atoms. The molecule has 0 radical (unpaired) electrons. The molecule has 2 heterocycles. The smallest absolute Gasteiger partial charge is 0.0713 e. The third-order valence-electron chi connectivity index (χ3n) is 17.2. The van der Waals surface area contributed by atoms with Crippen LogP contribution < -0.4 is 9.80 Å². The van der Waals surface area contributed by atoms with E-state index in [1.54, 1.807) is 0 Å². The lowest BCUT2D eigenvalue weighted by Crippen LogP contribution is -2.40. The van der Waals surface area contributed by atoms with Crippen LogP contribution in [0.2, 0.25) is 0 Å². The molecule has 8 aromatic carbocycles. The minimum atomic E-state index is -0.516. The first kappa shape index (κ1) is 38.8. The highest BCUT2D eigenvalue weighted by Gasteiger charge is 2.56. The Hall–Kier alpha value is -6.64. The normalized spacial score (nSPS) is 25.2. The fourth-order valence-corrected chi connectivity index (χ4v) is 14.5. The molecule has 5 aliphatic rings. The van der Waals surface area contributed by atoms with Crippen LogP contribution in [0.1, 0.15) is 98.6 Å². The molecule has 318 valence electrons. The second-order valence-corrected chi connectivity index (χ2v) is 20.6. The predicted octanol–water partition coefficient (Wildman–Crippen LogP) is 16.2. The van der Waals surface area contributed by atoms with Crippen LogP contribution >= 0.6 is 0 Å². The highest BCUT2D eigenvalue weighted by atomic mass is 15.3. The van der Waals surface area contributed by atoms with Gasteiger partial charge in [0, 0.05) is 45.7 Å². The maximum Gasteiger partial charge on any atom is 0.0713 e. The number of hydrogen-bond donors (Lipinski definition) is 0. The van der Waals surface area contributed by atoms with E-state index in [-0.39, 0.29) is 11.1 Å². The van der Waals surface area contributed by atoms with Gasteiger partial charge in [0.15, 0.2) is 0 Å². The molecule has 6 unspecified atom stereocenters. The van der Waals surface area contributed by atoms with Gasteiger partial charge in [-0.3, -0.25) is 0 Å². The molecule has 0 bridgehead atoms. The summed E-state index contributed by atoms with van der Waals surface area (Å²) in [5.74, 6) is 2.20. The van der Waals surface area contributed by atoms with Gasteiger partial charge >= 0.3 is 0 Å². The summed E-state index contributed by atoms with van der Waals surface area (Å²) in [7, 11) is 0. The van der Waals surface area contributed by atoms with Crippen molar-refractivity contribution in [3.8, 4) is 33.4 Å². The van der Waals surface area contributed by atoms with Crippen molar-refractivity contribution in [1.82, 2.24) is 0 Å². The highest BCUT2D eigenvalue weighted by Crippen LogP contribution is 2.64. The number of anilines is 4. The van der Waals surface area contributed by atoms with Crippen molar-refractivity contribution in [1.29, 1.82) is 0 Å². The Morgan fingerprint density at radius 3 is 1.15 bits per heavy atom. The van der Waals surface area contributed by atoms with Gasteiger partial charge in [0.25, 0.3) is 0 Å². The fraction of sp³-hybridized carbons (Fsp3) is 0.238. The molecule has 3 aliphatic carbocycles. The molecule has 13 rings (SSSR count). The molecular formula is C63H56N2. The molecule has 0 saturated heterocycles. The van der Waals surface area contributed by atoms with E-state index in [0.29, 0.717) is 23.7 Å². The van der Waals surface area contributed by atoms with Gasteiger partial charge in [-0.05, 0) is 179 Å². The molecule has 2 fully saturated rings. The van der Waals surface area contributed by atoms with E-state index in [1.165, 1.54) is 115 Å². The van der Waals surface area contributed by atoms with E-state index >= 15 is 0 Å². The van der Waals surface area contributed by atoms with Gasteiger partial charge in [-0.25, -0.2) is 0 Å². The van der Waals surface area contributed by atoms with Gasteiger partial charge in [0.2, 0.25) is 0 Å². The largest absolute Gasteiger partial charge is 0.335 e. The average molecular weight is 841 g/mol. The van der Waals surface area contributed by atoms with E-state index in [0.717, 1.165) is 0 Å². The number of nitrogens with zero attached hydrogens (tertiary/aromatic N) is 2. The van der Waals surface area contributed by atoms with E-state index in [2.05, 4.69) is 232 Å². The molecule has 2 nitrogen and oxygen atoms in total. The van der Waals surface area contributed by atoms with Crippen LogP contribution in [0.5, 0.6) is 0 Å². The summed E-state index contributed by atoms with van der Waals surface area (Å²) in [4.78, 5) is 5.33. The van der Waals surface area contributed by atoms with E-state index < -0.39 is 5.41 Å². The predicted molar refractivity (Wildman–Crippen MR) is 271 cm³/mol. The third kappa shape index (κ3) is 5.34. The van der Waals surface area contributed by atoms with Crippen LogP contribution in [0.15, 0.2) is 194 Å². The Morgan fingerprint density at radius 2 is 0.754 bits per heavy atom. The Balaban J connectivity index is 0.978. The lowest BCUT2D eigenvalue weighted by Gasteiger charge is -2.38. The quantitative estimate of drug-likeness (QED) is 0.165. The van der Waals surface area contributed by atoms with Gasteiger partial charge in [0.1, 0.15) is 0 Å². The average Bonchev–Trinajstić information content (AvgIpc) is 4.08. The molecule has 0 N–H and O–H groups in total. The van der Waals surface area contributed by atoms with Gasteiger partial charge in [-0.1, -0.05) is 147 Å². The van der Waals surface area contributed by atoms with Crippen molar-refractivity contribution < 1.29 is 0 Å². The monoisotopic (exact) mass is 840 g/mol. The van der Waals surface area contributed by atoms with Gasteiger partial charge in [-0.15, -0.1) is 0 Å². The van der Waals surface area contributed by atoms with Crippen LogP contribution in [0.25, 0.3) is 33.4 Å². The molecule has 2 aliphatic heterocycles. The SMILES string of the molecule is CC1CCC2(C)C1c1cc(-c3ccc4c(c3)C(c3ccccc3)(c3ccccc3)c3cc(-c5ccc6c(c5)C5C(C)CCC5(C)N6c5ccccc5)ccc3-4)ccc1N2c1ccccc1. The number of rotatable bonds is 6. The van der Waals surface area contributed by atoms with Gasteiger partial charge < -0.3 is 9.80 Å². The van der Waals surface area contributed by atoms with E-state index in [9.17, 15) is 0 Å². The molecule has 0 amide bonds. The maximum absolute atomic E-state index is 2.67. The molecule has 6 atom stereocenters. The summed E-state index contributed by atoms with van der Waals surface area (Å²) in [5.41, 5.74) is 21.0. The lowest BCUT2D eigenvalue weighted by atomic mass is 9.67. The molecule has 0 aromatic heterocycles. The minimum Gasteiger partial charge on any atom is -0.335 e. The van der Waals surface area contributed by atoms with Crippen molar-refractivity contribution in [2.24, 2.45) is 11.8 Å². The summed E-state index contributed by atoms with van der Waals surface area (Å²) < 4.78 is 0. The summed E-state index contributed by atoms with van der Waals surface area (Å²) >= 11 is 0. The second kappa shape index (κ2) is 14.2. The van der Waals surface area contributed by atoms with Crippen molar-refractivity contribution in [2.45, 2.75) is 81.7 Å². The molecule has 0 spiro atoms. The Bertz CT molecular complexity index is 2920. The lowest BCUT2D eigenvalue weighted by molar-refractivity contribution is 0.414. The number of benzene rings is 8. The Labute approximate surface area is 385 Å². The van der Waals surface area contributed by atoms with Gasteiger partial charge in [-0.2, -0.15) is 0 Å². The van der Waals surface area contributed by atoms with Crippen LogP contribution in [0, 0.1) is 11.8 Å². The molecule has 2 heteroatoms. The maximum atomic E-state index is 2.67. The zero-order valence-electron chi connectivity index (χ0n) is 38.0. The fourth-order valence-electron chi connectivity index (χ4n) is 14.5. The molecule has 8 aromatic rings. The standard InChI is InChI=1S/C63H56N2/c1-41-33-35-61(3)59(41)53-37-43(27-31-57(53)64(61)49-21-13-7-14-22-49)45-25-29-51-52-30-26-46(40-56(52)63(55(51)39-45,47-17-9-5-10-18-47)48-19-11-6-12-20-48)44-28-32-58-54(38-44)60-42(2)34-36-62(60,4)65(58)50-23-15-8-16-24-50/h5-32,37-42,59-60H,33-36H2,1-4H3. The summed E-state index contributed by atoms with van der Waals surface area (Å²) in [6.45, 7) is 9.97. The number of para-hydroxylation sites is 2. The van der Waals surface area contributed by atoms with E-state index in [4.69, 9.17) is 0 Å².